The van der Waals surface area contributed by atoms with Gasteiger partial charge in [-0.3, -0.25) is 14.3 Å². The molecule has 1 aromatic heterocycles. The molecule has 2 amide bonds. The van der Waals surface area contributed by atoms with Crippen LogP contribution in [-0.4, -0.2) is 71.7 Å². The van der Waals surface area contributed by atoms with E-state index < -0.39 is 10.0 Å². The predicted molar refractivity (Wildman–Crippen MR) is 151 cm³/mol. The maximum atomic E-state index is 13.0. The van der Waals surface area contributed by atoms with Gasteiger partial charge in [0.05, 0.1) is 24.2 Å². The fourth-order valence-electron chi connectivity index (χ4n) is 4.87. The van der Waals surface area contributed by atoms with E-state index in [4.69, 9.17) is 4.74 Å². The van der Waals surface area contributed by atoms with Crippen molar-refractivity contribution in [2.45, 2.75) is 38.8 Å². The topological polar surface area (TPSA) is 114 Å². The van der Waals surface area contributed by atoms with Crippen molar-refractivity contribution in [3.8, 4) is 5.75 Å². The Labute approximate surface area is 235 Å². The van der Waals surface area contributed by atoms with Crippen LogP contribution < -0.4 is 10.1 Å². The zero-order valence-corrected chi connectivity index (χ0v) is 23.9. The molecule has 11 heteroatoms. The number of ether oxygens (including phenoxy) is 1. The summed E-state index contributed by atoms with van der Waals surface area (Å²) in [7, 11) is -1.35. The highest BCUT2D eigenvalue weighted by Crippen LogP contribution is 2.39. The zero-order valence-electron chi connectivity index (χ0n) is 23.1. The molecule has 1 saturated heterocycles. The lowest BCUT2D eigenvalue weighted by molar-refractivity contribution is 0.0698. The normalized spacial score (nSPS) is 16.1. The first-order valence-electron chi connectivity index (χ1n) is 13.5. The lowest BCUT2D eigenvalue weighted by Gasteiger charge is -2.33. The van der Waals surface area contributed by atoms with Crippen molar-refractivity contribution in [3.63, 3.8) is 0 Å². The van der Waals surface area contributed by atoms with Gasteiger partial charge in [0.2, 0.25) is 10.0 Å². The second-order valence-corrected chi connectivity index (χ2v) is 12.5. The summed E-state index contributed by atoms with van der Waals surface area (Å²) in [4.78, 5) is 27.5. The standard InChI is InChI=1S/C29H35N5O5S/c1-20-25(28(35)30-18-24-17-26(22-11-12-22)31-32(24)2)5-4-6-27(20)39-19-21-7-9-23(10-8-21)29(36)33-13-15-34(16-14-33)40(3,37)38/h4-10,17,22H,11-16,18-19H2,1-3H3,(H,30,35). The number of nitrogens with zero attached hydrogens (tertiary/aromatic N) is 4. The van der Waals surface area contributed by atoms with Gasteiger partial charge < -0.3 is 15.0 Å². The van der Waals surface area contributed by atoms with E-state index in [0.29, 0.717) is 55.5 Å². The molecule has 5 rings (SSSR count). The van der Waals surface area contributed by atoms with Gasteiger partial charge in [-0.15, -0.1) is 0 Å². The number of hydrogen-bond acceptors (Lipinski definition) is 6. The first-order chi connectivity index (χ1) is 19.1. The number of sulfonamides is 1. The molecule has 2 fully saturated rings. The Morgan fingerprint density at radius 1 is 1.05 bits per heavy atom. The second-order valence-electron chi connectivity index (χ2n) is 10.5. The highest BCUT2D eigenvalue weighted by atomic mass is 32.2. The van der Waals surface area contributed by atoms with Crippen LogP contribution >= 0.6 is 0 Å². The summed E-state index contributed by atoms with van der Waals surface area (Å²) in [5.41, 5.74) is 4.81. The van der Waals surface area contributed by atoms with E-state index in [0.717, 1.165) is 22.5 Å². The van der Waals surface area contributed by atoms with Crippen molar-refractivity contribution in [1.82, 2.24) is 24.3 Å². The van der Waals surface area contributed by atoms with E-state index in [9.17, 15) is 18.0 Å². The van der Waals surface area contributed by atoms with Crippen LogP contribution in [0.3, 0.4) is 0 Å². The summed E-state index contributed by atoms with van der Waals surface area (Å²) >= 11 is 0. The maximum Gasteiger partial charge on any atom is 0.253 e. The first kappa shape index (κ1) is 27.9. The molecule has 1 saturated carbocycles. The van der Waals surface area contributed by atoms with Gasteiger partial charge in [0.15, 0.2) is 0 Å². The molecule has 0 atom stereocenters. The van der Waals surface area contributed by atoms with Crippen LogP contribution in [0.1, 0.15) is 62.0 Å². The molecule has 0 unspecified atom stereocenters. The molecule has 10 nitrogen and oxygen atoms in total. The molecule has 2 aliphatic rings. The van der Waals surface area contributed by atoms with Crippen molar-refractivity contribution in [1.29, 1.82) is 0 Å². The van der Waals surface area contributed by atoms with Crippen LogP contribution in [0.2, 0.25) is 0 Å². The summed E-state index contributed by atoms with van der Waals surface area (Å²) in [6.45, 7) is 3.89. The predicted octanol–water partition coefficient (Wildman–Crippen LogP) is 2.83. The van der Waals surface area contributed by atoms with Gasteiger partial charge in [0, 0.05) is 55.8 Å². The summed E-state index contributed by atoms with van der Waals surface area (Å²) in [6, 6.07) is 14.7. The van der Waals surface area contributed by atoms with Crippen LogP contribution in [0, 0.1) is 6.92 Å². The van der Waals surface area contributed by atoms with Gasteiger partial charge in [0.1, 0.15) is 12.4 Å². The minimum absolute atomic E-state index is 0.120. The third-order valence-corrected chi connectivity index (χ3v) is 8.84. The van der Waals surface area contributed by atoms with E-state index >= 15 is 0 Å². The third kappa shape index (κ3) is 6.37. The second kappa shape index (κ2) is 11.4. The Morgan fingerprint density at radius 2 is 1.75 bits per heavy atom. The smallest absolute Gasteiger partial charge is 0.253 e. The van der Waals surface area contributed by atoms with Crippen LogP contribution in [0.15, 0.2) is 48.5 Å². The first-order valence-corrected chi connectivity index (χ1v) is 15.3. The summed E-state index contributed by atoms with van der Waals surface area (Å²) in [5, 5.41) is 7.56. The van der Waals surface area contributed by atoms with Crippen molar-refractivity contribution in [2.75, 3.05) is 32.4 Å². The highest BCUT2D eigenvalue weighted by Gasteiger charge is 2.28. The lowest BCUT2D eigenvalue weighted by atomic mass is 10.1. The molecule has 3 aromatic rings. The average molecular weight is 566 g/mol. The van der Waals surface area contributed by atoms with Gasteiger partial charge in [-0.1, -0.05) is 18.2 Å². The van der Waals surface area contributed by atoms with E-state index in [-0.39, 0.29) is 18.4 Å². The van der Waals surface area contributed by atoms with Crippen LogP contribution in [0.4, 0.5) is 0 Å². The molecule has 1 N–H and O–H groups in total. The fraction of sp³-hybridized carbons (Fsp3) is 0.414. The molecule has 2 aromatic carbocycles. The SMILES string of the molecule is Cc1c(OCc2ccc(C(=O)N3CCN(S(C)(=O)=O)CC3)cc2)cccc1C(=O)NCc1cc(C2CC2)nn1C. The number of piperazine rings is 1. The Morgan fingerprint density at radius 3 is 2.40 bits per heavy atom. The minimum atomic E-state index is -3.25. The number of hydrogen-bond donors (Lipinski definition) is 1. The quantitative estimate of drug-likeness (QED) is 0.427. The Balaban J connectivity index is 1.15. The Kier molecular flexibility index (Phi) is 7.95. The lowest BCUT2D eigenvalue weighted by Crippen LogP contribution is -2.50. The monoisotopic (exact) mass is 565 g/mol. The average Bonchev–Trinajstić information content (AvgIpc) is 3.73. The molecular formula is C29H35N5O5S. The molecule has 0 bridgehead atoms. The van der Waals surface area contributed by atoms with E-state index in [1.54, 1.807) is 29.2 Å². The molecular weight excluding hydrogens is 530 g/mol. The summed E-state index contributed by atoms with van der Waals surface area (Å²) < 4.78 is 32.7. The van der Waals surface area contributed by atoms with Gasteiger partial charge >= 0.3 is 0 Å². The molecule has 40 heavy (non-hydrogen) atoms. The Hall–Kier alpha value is -3.70. The van der Waals surface area contributed by atoms with Crippen molar-refractivity contribution in [3.05, 3.63) is 82.2 Å². The van der Waals surface area contributed by atoms with E-state index in [1.165, 1.54) is 23.4 Å². The van der Waals surface area contributed by atoms with Crippen molar-refractivity contribution in [2.24, 2.45) is 7.05 Å². The number of amides is 2. The zero-order chi connectivity index (χ0) is 28.4. The summed E-state index contributed by atoms with van der Waals surface area (Å²) in [5.74, 6) is 0.892. The number of carbonyl (C=O) groups excluding carboxylic acids is 2. The number of benzene rings is 2. The van der Waals surface area contributed by atoms with Crippen molar-refractivity contribution >= 4 is 21.8 Å². The van der Waals surface area contributed by atoms with Crippen LogP contribution in [-0.2, 0) is 30.2 Å². The molecule has 2 heterocycles. The van der Waals surface area contributed by atoms with Gasteiger partial charge in [-0.25, -0.2) is 8.42 Å². The minimum Gasteiger partial charge on any atom is -0.489 e. The fourth-order valence-corrected chi connectivity index (χ4v) is 5.69. The van der Waals surface area contributed by atoms with Crippen LogP contribution in [0.5, 0.6) is 5.75 Å². The van der Waals surface area contributed by atoms with Gasteiger partial charge in [-0.2, -0.15) is 9.40 Å². The van der Waals surface area contributed by atoms with Gasteiger partial charge in [-0.05, 0) is 55.7 Å². The molecule has 0 radical (unpaired) electrons. The highest BCUT2D eigenvalue weighted by molar-refractivity contribution is 7.88. The molecule has 0 spiro atoms. The van der Waals surface area contributed by atoms with E-state index in [1.807, 2.05) is 36.9 Å². The van der Waals surface area contributed by atoms with E-state index in [2.05, 4.69) is 16.5 Å². The summed E-state index contributed by atoms with van der Waals surface area (Å²) in [6.07, 6.45) is 3.55. The number of carbonyl (C=O) groups is 2. The van der Waals surface area contributed by atoms with Gasteiger partial charge in [0.25, 0.3) is 11.8 Å². The Bertz CT molecular complexity index is 1500. The number of rotatable bonds is 9. The maximum absolute atomic E-state index is 13.0. The molecule has 1 aliphatic carbocycles. The number of aromatic nitrogens is 2. The molecule has 212 valence electrons. The molecule has 1 aliphatic heterocycles. The van der Waals surface area contributed by atoms with Crippen LogP contribution in [0.25, 0.3) is 0 Å². The largest absolute Gasteiger partial charge is 0.489 e. The number of nitrogens with one attached hydrogen (secondary N) is 1. The third-order valence-electron chi connectivity index (χ3n) is 7.54. The van der Waals surface area contributed by atoms with Crippen molar-refractivity contribution < 1.29 is 22.7 Å². The number of aryl methyl sites for hydroxylation is 1.